The van der Waals surface area contributed by atoms with Crippen LogP contribution in [-0.4, -0.2) is 23.4 Å². The van der Waals surface area contributed by atoms with Crippen molar-refractivity contribution in [2.45, 2.75) is 43.9 Å². The van der Waals surface area contributed by atoms with Crippen molar-refractivity contribution in [3.63, 3.8) is 0 Å². The average molecular weight is 465 g/mol. The number of hydrogen-bond acceptors (Lipinski definition) is 4. The predicted molar refractivity (Wildman–Crippen MR) is 126 cm³/mol. The quantitative estimate of drug-likeness (QED) is 0.400. The minimum atomic E-state index is -3.92. The number of carbonyl (C=O) groups excluding carboxylic acids is 1. The largest absolute Gasteiger partial charge is 0.299 e. The fourth-order valence-corrected chi connectivity index (χ4v) is 5.00. The Kier molecular flexibility index (Phi) is 5.93. The number of ketones is 1. The van der Waals surface area contributed by atoms with Gasteiger partial charge in [0, 0.05) is 18.2 Å². The molecule has 7 heteroatoms. The van der Waals surface area contributed by atoms with Gasteiger partial charge in [-0.3, -0.25) is 4.79 Å². The molecule has 0 N–H and O–H groups in total. The van der Waals surface area contributed by atoms with Crippen LogP contribution < -0.4 is 0 Å². The number of benzene rings is 3. The molecule has 5 nitrogen and oxygen atoms in total. The lowest BCUT2D eigenvalue weighted by Crippen LogP contribution is -2.17. The first kappa shape index (κ1) is 22.9. The monoisotopic (exact) mass is 464 g/mol. The molecule has 0 spiro atoms. The van der Waals surface area contributed by atoms with Gasteiger partial charge in [0.05, 0.1) is 16.6 Å². The highest BCUT2D eigenvalue weighted by molar-refractivity contribution is 7.90. The van der Waals surface area contributed by atoms with Gasteiger partial charge in [-0.1, -0.05) is 57.2 Å². The number of Topliss-reactive ketones (excluding diaryl/α,β-unsaturated/α-hetero) is 1. The van der Waals surface area contributed by atoms with E-state index in [4.69, 9.17) is 0 Å². The van der Waals surface area contributed by atoms with E-state index in [9.17, 15) is 17.6 Å². The van der Waals surface area contributed by atoms with E-state index >= 15 is 0 Å². The molecular formula is C26H25FN2O3S. The second kappa shape index (κ2) is 8.56. The first-order chi connectivity index (χ1) is 15.5. The summed E-state index contributed by atoms with van der Waals surface area (Å²) in [6.07, 6.45) is 1.82. The van der Waals surface area contributed by atoms with Crippen molar-refractivity contribution in [3.05, 3.63) is 95.4 Å². The fraction of sp³-hybridized carbons (Fsp3) is 0.231. The van der Waals surface area contributed by atoms with Crippen LogP contribution >= 0.6 is 0 Å². The van der Waals surface area contributed by atoms with Gasteiger partial charge in [0.2, 0.25) is 0 Å². The molecular weight excluding hydrogens is 439 g/mol. The van der Waals surface area contributed by atoms with E-state index in [2.05, 4.69) is 5.10 Å². The lowest BCUT2D eigenvalue weighted by Gasteiger charge is -2.19. The fourth-order valence-electron chi connectivity index (χ4n) is 3.69. The molecule has 0 aliphatic carbocycles. The van der Waals surface area contributed by atoms with Crippen molar-refractivity contribution >= 4 is 26.7 Å². The van der Waals surface area contributed by atoms with Crippen molar-refractivity contribution in [1.29, 1.82) is 0 Å². The van der Waals surface area contributed by atoms with E-state index in [-0.39, 0.29) is 34.8 Å². The van der Waals surface area contributed by atoms with Crippen molar-refractivity contribution in [2.24, 2.45) is 0 Å². The Morgan fingerprint density at radius 3 is 2.30 bits per heavy atom. The summed E-state index contributed by atoms with van der Waals surface area (Å²) in [6.45, 7) is 6.08. The highest BCUT2D eigenvalue weighted by atomic mass is 32.2. The zero-order valence-corrected chi connectivity index (χ0v) is 19.6. The van der Waals surface area contributed by atoms with Crippen LogP contribution in [0, 0.1) is 5.82 Å². The van der Waals surface area contributed by atoms with Gasteiger partial charge in [0.1, 0.15) is 11.6 Å². The van der Waals surface area contributed by atoms with Crippen molar-refractivity contribution < 1.29 is 17.6 Å². The lowest BCUT2D eigenvalue weighted by molar-refractivity contribution is -0.117. The Bertz CT molecular complexity index is 1430. The maximum absolute atomic E-state index is 13.4. The van der Waals surface area contributed by atoms with Crippen LogP contribution in [0.5, 0.6) is 0 Å². The van der Waals surface area contributed by atoms with E-state index in [1.165, 1.54) is 18.3 Å². The van der Waals surface area contributed by atoms with Crippen LogP contribution in [0.4, 0.5) is 4.39 Å². The first-order valence-electron chi connectivity index (χ1n) is 10.6. The number of carbonyl (C=O) groups is 1. The van der Waals surface area contributed by atoms with Crippen molar-refractivity contribution in [1.82, 2.24) is 9.19 Å². The molecule has 0 unspecified atom stereocenters. The minimum absolute atomic E-state index is 0.0484. The number of hydrogen-bond donors (Lipinski definition) is 0. The second-order valence-corrected chi connectivity index (χ2v) is 10.9. The van der Waals surface area contributed by atoms with E-state index < -0.39 is 10.0 Å². The molecule has 1 aromatic heterocycles. The summed E-state index contributed by atoms with van der Waals surface area (Å²) in [4.78, 5) is 12.7. The molecule has 0 fully saturated rings. The molecule has 4 rings (SSSR count). The van der Waals surface area contributed by atoms with Crippen LogP contribution in [-0.2, 0) is 33.1 Å². The summed E-state index contributed by atoms with van der Waals surface area (Å²) < 4.78 is 40.9. The number of rotatable bonds is 6. The number of halogens is 1. The topological polar surface area (TPSA) is 69.0 Å². The Morgan fingerprint density at radius 2 is 1.61 bits per heavy atom. The summed E-state index contributed by atoms with van der Waals surface area (Å²) in [7, 11) is -3.92. The predicted octanol–water partition coefficient (Wildman–Crippen LogP) is 5.06. The maximum Gasteiger partial charge on any atom is 0.283 e. The third-order valence-electron chi connectivity index (χ3n) is 5.54. The Morgan fingerprint density at radius 1 is 0.939 bits per heavy atom. The van der Waals surface area contributed by atoms with Gasteiger partial charge in [-0.15, -0.1) is 0 Å². The minimum Gasteiger partial charge on any atom is -0.299 e. The van der Waals surface area contributed by atoms with E-state index in [1.54, 1.807) is 48.5 Å². The highest BCUT2D eigenvalue weighted by Crippen LogP contribution is 2.27. The smallest absolute Gasteiger partial charge is 0.283 e. The lowest BCUT2D eigenvalue weighted by atomic mass is 9.87. The SMILES string of the molecule is CC(C)(C)c1cccc(S(=O)(=O)n2ncc3ccc(CC(=O)Cc4ccc(F)cc4)cc32)c1. The number of nitrogens with zero attached hydrogens (tertiary/aromatic N) is 2. The average Bonchev–Trinajstić information content (AvgIpc) is 3.19. The Balaban J connectivity index is 1.64. The molecule has 0 atom stereocenters. The molecule has 3 aromatic carbocycles. The Labute approximate surface area is 192 Å². The molecule has 33 heavy (non-hydrogen) atoms. The van der Waals surface area contributed by atoms with Gasteiger partial charge >= 0.3 is 0 Å². The molecule has 1 heterocycles. The molecule has 0 aliphatic rings. The number of fused-ring (bicyclic) bond motifs is 1. The standard InChI is InChI=1S/C26H25FN2O3S/c1-26(2,3)21-5-4-6-24(16-21)33(31,32)29-25-15-19(7-10-20(25)17-28-29)14-23(30)13-18-8-11-22(27)12-9-18/h4-12,15-17H,13-14H2,1-3H3. The van der Waals surface area contributed by atoms with Crippen LogP contribution in [0.1, 0.15) is 37.5 Å². The molecule has 0 saturated carbocycles. The summed E-state index contributed by atoms with van der Waals surface area (Å²) in [5.74, 6) is -0.396. The van der Waals surface area contributed by atoms with Crippen molar-refractivity contribution in [2.75, 3.05) is 0 Å². The zero-order valence-electron chi connectivity index (χ0n) is 18.7. The van der Waals surface area contributed by atoms with Gasteiger partial charge in [-0.25, -0.2) is 4.39 Å². The highest BCUT2D eigenvalue weighted by Gasteiger charge is 2.23. The summed E-state index contributed by atoms with van der Waals surface area (Å²) in [5.41, 5.74) is 2.55. The van der Waals surface area contributed by atoms with Crippen molar-refractivity contribution in [3.8, 4) is 0 Å². The zero-order chi connectivity index (χ0) is 23.8. The Hall–Kier alpha value is -3.32. The van der Waals surface area contributed by atoms with Crippen LogP contribution in [0.15, 0.2) is 77.8 Å². The summed E-state index contributed by atoms with van der Waals surface area (Å²) in [6, 6.07) is 18.0. The molecule has 0 saturated heterocycles. The molecule has 0 aliphatic heterocycles. The molecule has 4 aromatic rings. The third-order valence-corrected chi connectivity index (χ3v) is 7.14. The van der Waals surface area contributed by atoms with Gasteiger partial charge < -0.3 is 0 Å². The van der Waals surface area contributed by atoms with E-state index in [0.29, 0.717) is 16.5 Å². The van der Waals surface area contributed by atoms with Gasteiger partial charge in [0.15, 0.2) is 0 Å². The van der Waals surface area contributed by atoms with Crippen LogP contribution in [0.25, 0.3) is 10.9 Å². The normalized spacial score (nSPS) is 12.2. The van der Waals surface area contributed by atoms with E-state index in [1.807, 2.05) is 26.8 Å². The van der Waals surface area contributed by atoms with Gasteiger partial charge in [0.25, 0.3) is 10.0 Å². The maximum atomic E-state index is 13.4. The second-order valence-electron chi connectivity index (χ2n) is 9.18. The first-order valence-corrected chi connectivity index (χ1v) is 12.1. The number of aromatic nitrogens is 2. The third kappa shape index (κ3) is 4.88. The summed E-state index contributed by atoms with van der Waals surface area (Å²) >= 11 is 0. The van der Waals surface area contributed by atoms with Crippen LogP contribution in [0.3, 0.4) is 0 Å². The molecule has 170 valence electrons. The molecule has 0 bridgehead atoms. The van der Waals surface area contributed by atoms with Crippen LogP contribution in [0.2, 0.25) is 0 Å². The van der Waals surface area contributed by atoms with Gasteiger partial charge in [-0.2, -0.15) is 17.6 Å². The molecule has 0 radical (unpaired) electrons. The van der Waals surface area contributed by atoms with E-state index in [0.717, 1.165) is 15.2 Å². The van der Waals surface area contributed by atoms with Gasteiger partial charge in [-0.05, 0) is 52.4 Å². The summed E-state index contributed by atoms with van der Waals surface area (Å²) in [5, 5.41) is 4.81. The molecule has 0 amide bonds.